The minimum absolute atomic E-state index is 0.233. The number of hydrogen-bond donors (Lipinski definition) is 0. The number of hydrogen-bond acceptors (Lipinski definition) is 2. The van der Waals surface area contributed by atoms with Crippen molar-refractivity contribution in [1.82, 2.24) is 0 Å². The van der Waals surface area contributed by atoms with Crippen LogP contribution >= 0.6 is 0 Å². The monoisotopic (exact) mass is 266 g/mol. The average molecular weight is 266 g/mol. The average Bonchev–Trinajstić information content (AvgIpc) is 2.11. The topological polar surface area (TPSA) is 26.3 Å². The number of rotatable bonds is 4. The smallest absolute Gasteiger partial charge is 0.402 e. The lowest BCUT2D eigenvalue weighted by Crippen LogP contribution is -2.43. The molecule has 0 saturated heterocycles. The van der Waals surface area contributed by atoms with Crippen molar-refractivity contribution in [2.24, 2.45) is 11.8 Å². The van der Waals surface area contributed by atoms with Crippen LogP contribution in [0.5, 0.6) is 0 Å². The Morgan fingerprint density at radius 2 is 1.59 bits per heavy atom. The predicted molar refractivity (Wildman–Crippen MR) is 46.0 cm³/mol. The zero-order chi connectivity index (χ0) is 13.9. The van der Waals surface area contributed by atoms with E-state index in [1.165, 1.54) is 6.92 Å². The Bertz CT molecular complexity index is 257. The van der Waals surface area contributed by atoms with Gasteiger partial charge in [0.15, 0.2) is 5.92 Å². The zero-order valence-corrected chi connectivity index (χ0v) is 9.15. The number of alkyl halides is 6. The third kappa shape index (κ3) is 4.82. The molecule has 2 unspecified atom stereocenters. The maximum atomic E-state index is 12.4. The summed E-state index contributed by atoms with van der Waals surface area (Å²) in [6, 6.07) is 0. The van der Waals surface area contributed by atoms with Crippen LogP contribution in [0.4, 0.5) is 26.3 Å². The van der Waals surface area contributed by atoms with Gasteiger partial charge in [0.25, 0.3) is 0 Å². The number of carbonyl (C=O) groups excluding carboxylic acids is 1. The van der Waals surface area contributed by atoms with Crippen LogP contribution in [0.3, 0.4) is 0 Å². The first-order valence-electron chi connectivity index (χ1n) is 4.81. The molecule has 0 bridgehead atoms. The van der Waals surface area contributed by atoms with E-state index in [1.54, 1.807) is 0 Å². The van der Waals surface area contributed by atoms with Crippen molar-refractivity contribution >= 4 is 5.97 Å². The van der Waals surface area contributed by atoms with E-state index in [2.05, 4.69) is 4.74 Å². The second kappa shape index (κ2) is 5.59. The van der Waals surface area contributed by atoms with E-state index in [4.69, 9.17) is 0 Å². The fraction of sp³-hybridized carbons (Fsp3) is 0.889. The molecule has 0 aromatic rings. The van der Waals surface area contributed by atoms with Crippen molar-refractivity contribution in [2.75, 3.05) is 6.61 Å². The maximum absolute atomic E-state index is 12.4. The molecule has 8 heteroatoms. The summed E-state index contributed by atoms with van der Waals surface area (Å²) >= 11 is 0. The summed E-state index contributed by atoms with van der Waals surface area (Å²) in [6.45, 7) is 1.49. The Morgan fingerprint density at radius 1 is 1.12 bits per heavy atom. The molecule has 0 N–H and O–H groups in total. The lowest BCUT2D eigenvalue weighted by atomic mass is 9.93. The van der Waals surface area contributed by atoms with Crippen LogP contribution < -0.4 is 0 Å². The summed E-state index contributed by atoms with van der Waals surface area (Å²) in [5.74, 6) is -7.88. The standard InChI is InChI=1S/C9H12F6O2/c1-3-4-17-7(16)6(9(13,14)15)5(2)8(10,11)12/h5-6H,3-4H2,1-2H3. The Morgan fingerprint density at radius 3 is 1.88 bits per heavy atom. The fourth-order valence-corrected chi connectivity index (χ4v) is 1.10. The van der Waals surface area contributed by atoms with Crippen molar-refractivity contribution in [1.29, 1.82) is 0 Å². The van der Waals surface area contributed by atoms with E-state index >= 15 is 0 Å². The molecule has 0 fully saturated rings. The third-order valence-corrected chi connectivity index (χ3v) is 2.07. The molecule has 0 aliphatic carbocycles. The van der Waals surface area contributed by atoms with Gasteiger partial charge in [0.2, 0.25) is 0 Å². The van der Waals surface area contributed by atoms with Gasteiger partial charge in [-0.3, -0.25) is 4.79 Å². The second-order valence-corrected chi connectivity index (χ2v) is 3.52. The van der Waals surface area contributed by atoms with Crippen molar-refractivity contribution in [3.8, 4) is 0 Å². The minimum Gasteiger partial charge on any atom is -0.465 e. The van der Waals surface area contributed by atoms with E-state index < -0.39 is 30.2 Å². The van der Waals surface area contributed by atoms with Gasteiger partial charge in [0.05, 0.1) is 12.5 Å². The number of ether oxygens (including phenoxy) is 1. The molecular formula is C9H12F6O2. The summed E-state index contributed by atoms with van der Waals surface area (Å²) in [5.41, 5.74) is 0. The molecule has 0 aliphatic heterocycles. The molecule has 0 aliphatic rings. The second-order valence-electron chi connectivity index (χ2n) is 3.52. The Balaban J connectivity index is 4.97. The van der Waals surface area contributed by atoms with Crippen LogP contribution in [0.25, 0.3) is 0 Å². The highest BCUT2D eigenvalue weighted by molar-refractivity contribution is 5.73. The van der Waals surface area contributed by atoms with Crippen molar-refractivity contribution in [2.45, 2.75) is 32.6 Å². The molecule has 0 radical (unpaired) electrons. The quantitative estimate of drug-likeness (QED) is 0.576. The van der Waals surface area contributed by atoms with Gasteiger partial charge < -0.3 is 4.74 Å². The fourth-order valence-electron chi connectivity index (χ4n) is 1.10. The molecule has 0 aromatic carbocycles. The molecule has 17 heavy (non-hydrogen) atoms. The lowest BCUT2D eigenvalue weighted by Gasteiger charge is -2.26. The minimum atomic E-state index is -5.28. The third-order valence-electron chi connectivity index (χ3n) is 2.07. The van der Waals surface area contributed by atoms with Crippen LogP contribution in [-0.4, -0.2) is 24.9 Å². The first-order valence-corrected chi connectivity index (χ1v) is 4.81. The molecule has 0 amide bonds. The molecule has 2 atom stereocenters. The summed E-state index contributed by atoms with van der Waals surface area (Å²) in [6.07, 6.45) is -10.2. The predicted octanol–water partition coefficient (Wildman–Crippen LogP) is 3.32. The Kier molecular flexibility index (Phi) is 5.28. The van der Waals surface area contributed by atoms with Crippen molar-refractivity contribution in [3.63, 3.8) is 0 Å². The van der Waals surface area contributed by atoms with Gasteiger partial charge in [-0.15, -0.1) is 0 Å². The number of halogens is 6. The summed E-state index contributed by atoms with van der Waals surface area (Å²) in [5, 5.41) is 0. The summed E-state index contributed by atoms with van der Waals surface area (Å²) in [7, 11) is 0. The molecule has 0 aromatic heterocycles. The van der Waals surface area contributed by atoms with Gasteiger partial charge in [-0.25, -0.2) is 0 Å². The maximum Gasteiger partial charge on any atom is 0.402 e. The molecule has 0 spiro atoms. The van der Waals surface area contributed by atoms with E-state index in [-0.39, 0.29) is 13.0 Å². The van der Waals surface area contributed by atoms with Crippen molar-refractivity contribution in [3.05, 3.63) is 0 Å². The normalized spacial score (nSPS) is 16.5. The van der Waals surface area contributed by atoms with Crippen LogP contribution in [-0.2, 0) is 9.53 Å². The highest BCUT2D eigenvalue weighted by Crippen LogP contribution is 2.41. The van der Waals surface area contributed by atoms with Gasteiger partial charge in [0, 0.05) is 0 Å². The number of carbonyl (C=O) groups is 1. The van der Waals surface area contributed by atoms with E-state index in [0.717, 1.165) is 0 Å². The number of esters is 1. The van der Waals surface area contributed by atoms with Gasteiger partial charge in [0.1, 0.15) is 0 Å². The van der Waals surface area contributed by atoms with Gasteiger partial charge in [-0.2, -0.15) is 26.3 Å². The molecule has 0 heterocycles. The van der Waals surface area contributed by atoms with Gasteiger partial charge in [-0.05, 0) is 6.42 Å². The summed E-state index contributed by atoms with van der Waals surface area (Å²) in [4.78, 5) is 11.0. The first-order chi connectivity index (χ1) is 7.51. The molecule has 102 valence electrons. The van der Waals surface area contributed by atoms with Crippen LogP contribution in [0.15, 0.2) is 0 Å². The zero-order valence-electron chi connectivity index (χ0n) is 9.15. The van der Waals surface area contributed by atoms with Gasteiger partial charge >= 0.3 is 18.3 Å². The van der Waals surface area contributed by atoms with E-state index in [0.29, 0.717) is 6.92 Å². The molecule has 2 nitrogen and oxygen atoms in total. The highest BCUT2D eigenvalue weighted by Gasteiger charge is 2.57. The van der Waals surface area contributed by atoms with Crippen LogP contribution in [0.1, 0.15) is 20.3 Å². The van der Waals surface area contributed by atoms with E-state index in [9.17, 15) is 31.1 Å². The molecule has 0 rings (SSSR count). The molecular weight excluding hydrogens is 254 g/mol. The van der Waals surface area contributed by atoms with Crippen LogP contribution in [0, 0.1) is 11.8 Å². The molecule has 0 saturated carbocycles. The van der Waals surface area contributed by atoms with Gasteiger partial charge in [-0.1, -0.05) is 13.8 Å². The lowest BCUT2D eigenvalue weighted by molar-refractivity contribution is -0.252. The SMILES string of the molecule is CCCOC(=O)C(C(C)C(F)(F)F)C(F)(F)F. The Labute approximate surface area is 93.9 Å². The first kappa shape index (κ1) is 16.1. The van der Waals surface area contributed by atoms with Crippen LogP contribution in [0.2, 0.25) is 0 Å². The Hall–Kier alpha value is -0.950. The van der Waals surface area contributed by atoms with E-state index in [1.807, 2.05) is 0 Å². The highest BCUT2D eigenvalue weighted by atomic mass is 19.4. The summed E-state index contributed by atoms with van der Waals surface area (Å²) < 4.78 is 77.9. The van der Waals surface area contributed by atoms with Crippen molar-refractivity contribution < 1.29 is 35.9 Å². The largest absolute Gasteiger partial charge is 0.465 e.